The van der Waals surface area contributed by atoms with Crippen molar-refractivity contribution in [3.63, 3.8) is 0 Å². The Bertz CT molecular complexity index is 514. The van der Waals surface area contributed by atoms with Crippen LogP contribution >= 0.6 is 24.0 Å². The molecule has 1 saturated heterocycles. The third kappa shape index (κ3) is 7.58. The fourth-order valence-electron chi connectivity index (χ4n) is 3.89. The second-order valence-corrected chi connectivity index (χ2v) is 9.61. The second kappa shape index (κ2) is 10.9. The van der Waals surface area contributed by atoms with Gasteiger partial charge in [-0.15, -0.1) is 24.0 Å². The van der Waals surface area contributed by atoms with Crippen molar-refractivity contribution in [3.05, 3.63) is 0 Å². The molecular weight excluding hydrogens is 453 g/mol. The van der Waals surface area contributed by atoms with Gasteiger partial charge in [0, 0.05) is 26.2 Å². The maximum atomic E-state index is 11.6. The summed E-state index contributed by atoms with van der Waals surface area (Å²) >= 11 is 0. The van der Waals surface area contributed by atoms with Crippen LogP contribution in [0.5, 0.6) is 0 Å². The van der Waals surface area contributed by atoms with Crippen molar-refractivity contribution < 1.29 is 13.5 Å². The molecule has 0 radical (unpaired) electrons. The van der Waals surface area contributed by atoms with Crippen molar-refractivity contribution in [2.75, 3.05) is 37.7 Å². The summed E-state index contributed by atoms with van der Waals surface area (Å²) in [6.45, 7) is 4.41. The van der Waals surface area contributed by atoms with E-state index in [2.05, 4.69) is 10.6 Å². The first kappa shape index (κ1) is 23.0. The Balaban J connectivity index is 0.00000312. The highest BCUT2D eigenvalue weighted by atomic mass is 127. The number of halogens is 1. The highest BCUT2D eigenvalue weighted by molar-refractivity contribution is 14.0. The molecule has 0 bridgehead atoms. The fourth-order valence-corrected chi connectivity index (χ4v) is 5.75. The Morgan fingerprint density at radius 1 is 1.24 bits per heavy atom. The maximum Gasteiger partial charge on any atom is 0.191 e. The Morgan fingerprint density at radius 3 is 2.52 bits per heavy atom. The SMILES string of the molecule is CCNC(=NCC1(CCO)CCCCC1)NCC1CCS(=O)(=O)C1.I. The Labute approximate surface area is 169 Å². The van der Waals surface area contributed by atoms with Crippen molar-refractivity contribution in [2.45, 2.75) is 51.9 Å². The van der Waals surface area contributed by atoms with Crippen LogP contribution in [0, 0.1) is 11.3 Å². The van der Waals surface area contributed by atoms with Gasteiger partial charge in [-0.05, 0) is 43.9 Å². The van der Waals surface area contributed by atoms with E-state index in [4.69, 9.17) is 4.99 Å². The number of aliphatic hydroxyl groups excluding tert-OH is 1. The van der Waals surface area contributed by atoms with E-state index < -0.39 is 9.84 Å². The van der Waals surface area contributed by atoms with Crippen LogP contribution in [0.25, 0.3) is 0 Å². The third-order valence-corrected chi connectivity index (χ3v) is 7.20. The highest BCUT2D eigenvalue weighted by Gasteiger charge is 2.31. The second-order valence-electron chi connectivity index (χ2n) is 7.38. The molecule has 0 aromatic heterocycles. The van der Waals surface area contributed by atoms with Gasteiger partial charge in [0.2, 0.25) is 0 Å². The van der Waals surface area contributed by atoms with Crippen molar-refractivity contribution in [1.82, 2.24) is 10.6 Å². The lowest BCUT2D eigenvalue weighted by Crippen LogP contribution is -2.41. The molecule has 2 rings (SSSR count). The third-order valence-electron chi connectivity index (χ3n) is 5.36. The van der Waals surface area contributed by atoms with Gasteiger partial charge >= 0.3 is 0 Å². The zero-order valence-electron chi connectivity index (χ0n) is 15.3. The molecule has 148 valence electrons. The number of hydrogen-bond donors (Lipinski definition) is 3. The molecule has 2 aliphatic rings. The number of aliphatic imine (C=N–C) groups is 1. The molecule has 1 aliphatic heterocycles. The van der Waals surface area contributed by atoms with Crippen molar-refractivity contribution in [2.24, 2.45) is 16.3 Å². The zero-order valence-corrected chi connectivity index (χ0v) is 18.4. The lowest BCUT2D eigenvalue weighted by Gasteiger charge is -2.35. The molecule has 0 aromatic carbocycles. The Hall–Kier alpha value is -0.0900. The molecular formula is C17H34IN3O3S. The van der Waals surface area contributed by atoms with Crippen LogP contribution in [0.2, 0.25) is 0 Å². The topological polar surface area (TPSA) is 90.8 Å². The average molecular weight is 487 g/mol. The molecule has 1 unspecified atom stereocenters. The summed E-state index contributed by atoms with van der Waals surface area (Å²) in [5, 5.41) is 16.0. The van der Waals surface area contributed by atoms with E-state index in [1.807, 2.05) is 6.92 Å². The summed E-state index contributed by atoms with van der Waals surface area (Å²) in [5.41, 5.74) is 0.131. The van der Waals surface area contributed by atoms with Gasteiger partial charge in [-0.2, -0.15) is 0 Å². The minimum absolute atomic E-state index is 0. The standard InChI is InChI=1S/C17H33N3O3S.HI/c1-2-18-16(19-12-15-6-11-24(22,23)13-15)20-14-17(9-10-21)7-4-3-5-8-17;/h15,21H,2-14H2,1H3,(H2,18,19,20);1H. The molecule has 2 fully saturated rings. The molecule has 0 spiro atoms. The molecule has 6 nitrogen and oxygen atoms in total. The summed E-state index contributed by atoms with van der Waals surface area (Å²) in [5.74, 6) is 1.55. The smallest absolute Gasteiger partial charge is 0.191 e. The van der Waals surface area contributed by atoms with E-state index in [9.17, 15) is 13.5 Å². The molecule has 3 N–H and O–H groups in total. The van der Waals surface area contributed by atoms with E-state index in [-0.39, 0.29) is 47.7 Å². The minimum atomic E-state index is -2.83. The van der Waals surface area contributed by atoms with Gasteiger partial charge in [0.1, 0.15) is 0 Å². The first-order valence-corrected chi connectivity index (χ1v) is 11.1. The van der Waals surface area contributed by atoms with Gasteiger partial charge in [-0.1, -0.05) is 19.3 Å². The Morgan fingerprint density at radius 2 is 1.96 bits per heavy atom. The summed E-state index contributed by atoms with van der Waals surface area (Å²) in [6.07, 6.45) is 7.55. The van der Waals surface area contributed by atoms with Gasteiger partial charge in [-0.3, -0.25) is 4.99 Å². The summed E-state index contributed by atoms with van der Waals surface area (Å²) in [4.78, 5) is 4.76. The lowest BCUT2D eigenvalue weighted by atomic mass is 9.72. The van der Waals surface area contributed by atoms with Gasteiger partial charge in [0.05, 0.1) is 11.5 Å². The molecule has 1 atom stereocenters. The number of aliphatic hydroxyl groups is 1. The van der Waals surface area contributed by atoms with Gasteiger partial charge in [-0.25, -0.2) is 8.42 Å². The van der Waals surface area contributed by atoms with Crippen LogP contribution in [-0.4, -0.2) is 57.2 Å². The van der Waals surface area contributed by atoms with E-state index in [0.29, 0.717) is 12.3 Å². The van der Waals surface area contributed by atoms with Crippen molar-refractivity contribution in [3.8, 4) is 0 Å². The molecule has 1 saturated carbocycles. The number of nitrogens with zero attached hydrogens (tertiary/aromatic N) is 1. The predicted octanol–water partition coefficient (Wildman–Crippen LogP) is 1.93. The molecule has 1 aliphatic carbocycles. The fraction of sp³-hybridized carbons (Fsp3) is 0.941. The van der Waals surface area contributed by atoms with E-state index in [1.165, 1.54) is 19.3 Å². The maximum absolute atomic E-state index is 11.6. The number of nitrogens with one attached hydrogen (secondary N) is 2. The van der Waals surface area contributed by atoms with Crippen LogP contribution in [0.4, 0.5) is 0 Å². The lowest BCUT2D eigenvalue weighted by molar-refractivity contribution is 0.137. The minimum Gasteiger partial charge on any atom is -0.396 e. The molecule has 8 heteroatoms. The van der Waals surface area contributed by atoms with Crippen LogP contribution in [0.3, 0.4) is 0 Å². The highest BCUT2D eigenvalue weighted by Crippen LogP contribution is 2.39. The van der Waals surface area contributed by atoms with Crippen molar-refractivity contribution in [1.29, 1.82) is 0 Å². The van der Waals surface area contributed by atoms with Crippen molar-refractivity contribution >= 4 is 39.8 Å². The van der Waals surface area contributed by atoms with Crippen LogP contribution in [0.15, 0.2) is 4.99 Å². The van der Waals surface area contributed by atoms with E-state index in [0.717, 1.165) is 44.7 Å². The first-order chi connectivity index (χ1) is 11.5. The summed E-state index contributed by atoms with van der Waals surface area (Å²) in [7, 11) is -2.83. The number of guanidine groups is 1. The molecule has 0 aromatic rings. The number of hydrogen-bond acceptors (Lipinski definition) is 4. The first-order valence-electron chi connectivity index (χ1n) is 9.32. The molecule has 25 heavy (non-hydrogen) atoms. The van der Waals surface area contributed by atoms with E-state index in [1.54, 1.807) is 0 Å². The van der Waals surface area contributed by atoms with Gasteiger partial charge in [0.15, 0.2) is 15.8 Å². The van der Waals surface area contributed by atoms with Crippen LogP contribution < -0.4 is 10.6 Å². The molecule has 0 amide bonds. The predicted molar refractivity (Wildman–Crippen MR) is 113 cm³/mol. The van der Waals surface area contributed by atoms with Crippen LogP contribution in [-0.2, 0) is 9.84 Å². The van der Waals surface area contributed by atoms with Gasteiger partial charge in [0.25, 0.3) is 0 Å². The zero-order chi connectivity index (χ0) is 17.5. The molecule has 1 heterocycles. The largest absolute Gasteiger partial charge is 0.396 e. The van der Waals surface area contributed by atoms with Gasteiger partial charge < -0.3 is 15.7 Å². The monoisotopic (exact) mass is 487 g/mol. The Kier molecular flexibility index (Phi) is 10.0. The summed E-state index contributed by atoms with van der Waals surface area (Å²) < 4.78 is 23.1. The van der Waals surface area contributed by atoms with Crippen LogP contribution in [0.1, 0.15) is 51.9 Å². The number of sulfone groups is 1. The van der Waals surface area contributed by atoms with E-state index >= 15 is 0 Å². The summed E-state index contributed by atoms with van der Waals surface area (Å²) in [6, 6.07) is 0. The number of rotatable bonds is 7. The normalized spacial score (nSPS) is 25.2. The quantitative estimate of drug-likeness (QED) is 0.290. The average Bonchev–Trinajstić information content (AvgIpc) is 2.90.